The summed E-state index contributed by atoms with van der Waals surface area (Å²) in [4.78, 5) is 63.0. The van der Waals surface area contributed by atoms with E-state index < -0.39 is 5.60 Å². The quantitative estimate of drug-likeness (QED) is 0.0725. The predicted octanol–water partition coefficient (Wildman–Crippen LogP) is 7.82. The van der Waals surface area contributed by atoms with Crippen molar-refractivity contribution in [3.8, 4) is 28.3 Å². The van der Waals surface area contributed by atoms with Crippen molar-refractivity contribution >= 4 is 40.4 Å². The Kier molecular flexibility index (Phi) is 14.6. The molecule has 1 fully saturated rings. The maximum atomic E-state index is 14.3. The summed E-state index contributed by atoms with van der Waals surface area (Å²) >= 11 is 0. The number of likely N-dealkylation sites (tertiary alicyclic amines) is 1. The molecule has 3 N–H and O–H groups in total. The van der Waals surface area contributed by atoms with Crippen molar-refractivity contribution in [2.24, 2.45) is 7.05 Å². The number of pyridine rings is 1. The van der Waals surface area contributed by atoms with E-state index in [1.807, 2.05) is 104 Å². The molecule has 9 rings (SSSR count). The number of carbonyl (C=O) groups excluding carboxylic acids is 3. The van der Waals surface area contributed by atoms with Gasteiger partial charge in [0, 0.05) is 63.3 Å². The molecule has 364 valence electrons. The van der Waals surface area contributed by atoms with E-state index in [4.69, 9.17) is 4.74 Å². The highest BCUT2D eigenvalue weighted by Gasteiger charge is 2.35. The molecule has 2 aliphatic rings. The van der Waals surface area contributed by atoms with Crippen LogP contribution in [0.15, 0.2) is 127 Å². The van der Waals surface area contributed by atoms with Crippen LogP contribution in [0.4, 0.5) is 4.39 Å². The Morgan fingerprint density at radius 2 is 1.54 bits per heavy atom. The molecule has 1 aliphatic carbocycles. The van der Waals surface area contributed by atoms with E-state index >= 15 is 0 Å². The van der Waals surface area contributed by atoms with Gasteiger partial charge >= 0.3 is 0 Å². The van der Waals surface area contributed by atoms with Gasteiger partial charge in [-0.15, -0.1) is 0 Å². The van der Waals surface area contributed by atoms with Crippen LogP contribution in [0.25, 0.3) is 45.1 Å². The minimum atomic E-state index is -1.17. The van der Waals surface area contributed by atoms with Gasteiger partial charge in [-0.1, -0.05) is 91.9 Å². The molecule has 4 heterocycles. The van der Waals surface area contributed by atoms with Crippen LogP contribution in [0.2, 0.25) is 0 Å². The number of nitrogens with zero attached hydrogens (tertiary/aromatic N) is 6. The number of benzene rings is 4. The Balaban J connectivity index is 0.693. The maximum absolute atomic E-state index is 14.3. The highest BCUT2D eigenvalue weighted by molar-refractivity contribution is 6.06. The minimum Gasteiger partial charge on any atom is -0.475 e. The summed E-state index contributed by atoms with van der Waals surface area (Å²) in [5, 5.41) is 21.9. The fraction of sp³-hybridized carbons (Fsp3) is 0.304. The lowest BCUT2D eigenvalue weighted by atomic mass is 9.90. The number of hydrogen-bond donors (Lipinski definition) is 3. The molecule has 0 bridgehead atoms. The zero-order chi connectivity index (χ0) is 49.5. The van der Waals surface area contributed by atoms with Crippen molar-refractivity contribution in [2.75, 3.05) is 26.2 Å². The number of aliphatic hydroxyl groups is 1. The monoisotopic (exact) mass is 956 g/mol. The van der Waals surface area contributed by atoms with E-state index in [0.717, 1.165) is 50.1 Å². The van der Waals surface area contributed by atoms with Gasteiger partial charge in [0.25, 0.3) is 5.56 Å². The summed E-state index contributed by atoms with van der Waals surface area (Å²) < 4.78 is 23.4. The number of carbonyl (C=O) groups is 3. The molecule has 7 aromatic rings. The zero-order valence-electron chi connectivity index (χ0n) is 39.9. The highest BCUT2D eigenvalue weighted by Crippen LogP contribution is 2.45. The van der Waals surface area contributed by atoms with Crippen molar-refractivity contribution in [3.05, 3.63) is 166 Å². The molecule has 71 heavy (non-hydrogen) atoms. The Morgan fingerprint density at radius 3 is 2.30 bits per heavy atom. The summed E-state index contributed by atoms with van der Waals surface area (Å²) in [6, 6.07) is 34.1. The van der Waals surface area contributed by atoms with Crippen molar-refractivity contribution < 1.29 is 28.6 Å². The summed E-state index contributed by atoms with van der Waals surface area (Å²) in [5.74, 6) is -0.00209. The first-order valence-electron chi connectivity index (χ1n) is 24.2. The lowest BCUT2D eigenvalue weighted by Crippen LogP contribution is -2.49. The first-order chi connectivity index (χ1) is 34.4. The van der Waals surface area contributed by atoms with Gasteiger partial charge in [0.2, 0.25) is 23.6 Å². The van der Waals surface area contributed by atoms with Gasteiger partial charge in [0.1, 0.15) is 17.9 Å². The van der Waals surface area contributed by atoms with Crippen LogP contribution in [0.3, 0.4) is 0 Å². The zero-order valence-corrected chi connectivity index (χ0v) is 39.9. The van der Waals surface area contributed by atoms with Gasteiger partial charge in [0.15, 0.2) is 5.52 Å². The minimum absolute atomic E-state index is 0.0451. The number of nitrogens with one attached hydrogen (secondary N) is 2. The van der Waals surface area contributed by atoms with Gasteiger partial charge in [-0.2, -0.15) is 5.10 Å². The third-order valence-electron chi connectivity index (χ3n) is 13.5. The number of aryl methyl sites for hydroxylation is 1. The second kappa shape index (κ2) is 21.5. The van der Waals surface area contributed by atoms with E-state index in [0.29, 0.717) is 68.8 Å². The summed E-state index contributed by atoms with van der Waals surface area (Å²) in [7, 11) is 1.76. The number of piperidine rings is 1. The fourth-order valence-electron chi connectivity index (χ4n) is 9.55. The van der Waals surface area contributed by atoms with Gasteiger partial charge in [-0.05, 0) is 101 Å². The van der Waals surface area contributed by atoms with E-state index in [-0.39, 0.29) is 73.1 Å². The molecule has 0 unspecified atom stereocenters. The number of fused-ring (bicyclic) bond motifs is 4. The number of rotatable bonds is 18. The van der Waals surface area contributed by atoms with E-state index in [1.165, 1.54) is 17.0 Å². The molecule has 4 aromatic carbocycles. The molecule has 0 saturated carbocycles. The number of unbranched alkanes of at least 4 members (excludes halogenated alkanes) is 1. The molecule has 0 radical (unpaired) electrons. The molecular weight excluding hydrogens is 900 g/mol. The second-order valence-electron chi connectivity index (χ2n) is 18.5. The first-order valence-corrected chi connectivity index (χ1v) is 24.2. The Hall–Kier alpha value is -7.78. The molecule has 3 aromatic heterocycles. The topological polar surface area (TPSA) is 174 Å². The Bertz CT molecular complexity index is 3160. The average Bonchev–Trinajstić information content (AvgIpc) is 3.88. The lowest BCUT2D eigenvalue weighted by Gasteiger charge is -2.38. The van der Waals surface area contributed by atoms with Gasteiger partial charge < -0.3 is 25.4 Å². The molecule has 0 spiro atoms. The average molecular weight is 957 g/mol. The SMILES string of the molecule is C[C@H](CC(=O)N1CCC(O)(Cn2cnc3c(-c4ccc(CNC(=O)CCCCC(=O)NCCOc5ncccc5C=C5c6ccccc6-c6ccc(F)cc65)cc4)n(C)nc3c2=O)CC1)c1ccccc1. The van der Waals surface area contributed by atoms with Gasteiger partial charge in [-0.3, -0.25) is 28.4 Å². The largest absolute Gasteiger partial charge is 0.475 e. The van der Waals surface area contributed by atoms with Gasteiger partial charge in [0.05, 0.1) is 30.7 Å². The number of hydrogen-bond acceptors (Lipinski definition) is 9. The fourth-order valence-corrected chi connectivity index (χ4v) is 9.55. The Labute approximate surface area is 411 Å². The Morgan fingerprint density at radius 1 is 0.831 bits per heavy atom. The number of ether oxygens (including phenoxy) is 1. The summed E-state index contributed by atoms with van der Waals surface area (Å²) in [5.41, 5.74) is 8.05. The van der Waals surface area contributed by atoms with Crippen LogP contribution in [-0.4, -0.2) is 83.9 Å². The molecule has 14 nitrogen and oxygen atoms in total. The van der Waals surface area contributed by atoms with Crippen LogP contribution in [0.5, 0.6) is 5.88 Å². The van der Waals surface area contributed by atoms with Crippen molar-refractivity contribution in [3.63, 3.8) is 0 Å². The molecule has 1 saturated heterocycles. The standard InChI is InChI=1S/C56H57FN8O6/c1-37(39-11-4-3-5-12-39)31-50(68)64-28-24-56(70,25-29-64)35-65-36-61-51-52(55(65)69)62-63(2)53(51)40-20-18-38(19-21-40)34-60-49(67)17-9-8-16-48(66)58-27-30-71-54-41(13-10-26-59-54)32-46-44-15-7-6-14-43(44)45-23-22-42(57)33-47(45)46/h3-7,10-15,18-23,26,32-33,36-37,70H,8-9,16-17,24-25,27-31,34-35H2,1-2H3,(H,58,66)(H,60,67)/t37-/m1/s1. The van der Waals surface area contributed by atoms with Crippen molar-refractivity contribution in [2.45, 2.75) is 76.5 Å². The second-order valence-corrected chi connectivity index (χ2v) is 18.5. The molecule has 1 atom stereocenters. The van der Waals surface area contributed by atoms with E-state index in [2.05, 4.69) is 25.7 Å². The van der Waals surface area contributed by atoms with Crippen LogP contribution < -0.4 is 20.9 Å². The smallest absolute Gasteiger partial charge is 0.281 e. The number of aromatic nitrogens is 5. The van der Waals surface area contributed by atoms with Crippen LogP contribution in [0, 0.1) is 5.82 Å². The third kappa shape index (κ3) is 11.2. The maximum Gasteiger partial charge on any atom is 0.281 e. The summed E-state index contributed by atoms with van der Waals surface area (Å²) in [6.45, 7) is 3.71. The van der Waals surface area contributed by atoms with Gasteiger partial charge in [-0.25, -0.2) is 14.4 Å². The third-order valence-corrected chi connectivity index (χ3v) is 13.5. The predicted molar refractivity (Wildman–Crippen MR) is 270 cm³/mol. The molecule has 3 amide bonds. The van der Waals surface area contributed by atoms with Crippen LogP contribution in [-0.2, 0) is 34.5 Å². The first kappa shape index (κ1) is 48.3. The molecule has 1 aliphatic heterocycles. The van der Waals surface area contributed by atoms with Crippen LogP contribution >= 0.6 is 0 Å². The van der Waals surface area contributed by atoms with Crippen LogP contribution in [0.1, 0.15) is 85.6 Å². The number of amides is 3. The normalized spacial score (nSPS) is 14.8. The van der Waals surface area contributed by atoms with E-state index in [1.54, 1.807) is 35.0 Å². The lowest BCUT2D eigenvalue weighted by molar-refractivity contribution is -0.136. The molecular formula is C56H57FN8O6. The van der Waals surface area contributed by atoms with Crippen molar-refractivity contribution in [1.29, 1.82) is 0 Å². The van der Waals surface area contributed by atoms with Crippen molar-refractivity contribution in [1.82, 2.24) is 39.8 Å². The molecule has 15 heteroatoms. The van der Waals surface area contributed by atoms with E-state index in [9.17, 15) is 28.7 Å². The number of halogens is 1. The highest BCUT2D eigenvalue weighted by atomic mass is 19.1. The summed E-state index contributed by atoms with van der Waals surface area (Å²) in [6.07, 6.45) is 7.79.